The number of benzene rings is 1. The Hall–Kier alpha value is -1.42. The molecule has 0 saturated heterocycles. The van der Waals surface area contributed by atoms with Crippen molar-refractivity contribution in [3.05, 3.63) is 39.4 Å². The van der Waals surface area contributed by atoms with Gasteiger partial charge in [-0.05, 0) is 32.3 Å². The van der Waals surface area contributed by atoms with E-state index in [1.54, 1.807) is 12.1 Å². The van der Waals surface area contributed by atoms with Gasteiger partial charge in [-0.2, -0.15) is 0 Å². The van der Waals surface area contributed by atoms with Crippen LogP contribution in [0.3, 0.4) is 0 Å². The van der Waals surface area contributed by atoms with E-state index in [0.717, 1.165) is 11.1 Å². The fraction of sp³-hybridized carbons (Fsp3) is 0.571. The van der Waals surface area contributed by atoms with E-state index in [1.807, 2.05) is 13.0 Å². The summed E-state index contributed by atoms with van der Waals surface area (Å²) in [5, 5.41) is 14.4. The van der Waals surface area contributed by atoms with Crippen molar-refractivity contribution in [1.29, 1.82) is 0 Å². The van der Waals surface area contributed by atoms with Gasteiger partial charge in [-0.1, -0.05) is 25.0 Å². The molecule has 0 heterocycles. The van der Waals surface area contributed by atoms with Gasteiger partial charge in [0.05, 0.1) is 4.92 Å². The normalized spacial score (nSPS) is 17.9. The highest BCUT2D eigenvalue weighted by atomic mass is 16.6. The molecular formula is C14H20N2O2. The Morgan fingerprint density at radius 3 is 2.67 bits per heavy atom. The summed E-state index contributed by atoms with van der Waals surface area (Å²) in [4.78, 5) is 10.6. The van der Waals surface area contributed by atoms with Crippen LogP contribution in [-0.2, 0) is 6.54 Å². The monoisotopic (exact) mass is 248 g/mol. The van der Waals surface area contributed by atoms with Crippen LogP contribution in [0.25, 0.3) is 0 Å². The molecule has 0 aliphatic heterocycles. The molecule has 4 heteroatoms. The standard InChI is InChI=1S/C14H20N2O2/c1-11-12(6-5-7-13(11)16(17)18)10-15-14(2)8-3-4-9-14/h5-7,15H,3-4,8-10H2,1-2H3. The lowest BCUT2D eigenvalue weighted by atomic mass is 9.99. The first-order chi connectivity index (χ1) is 8.52. The van der Waals surface area contributed by atoms with Gasteiger partial charge in [0, 0.05) is 23.7 Å². The third kappa shape index (κ3) is 2.70. The van der Waals surface area contributed by atoms with Gasteiger partial charge in [-0.15, -0.1) is 0 Å². The first-order valence-corrected chi connectivity index (χ1v) is 6.50. The van der Waals surface area contributed by atoms with E-state index in [-0.39, 0.29) is 16.1 Å². The van der Waals surface area contributed by atoms with Crippen LogP contribution in [0.4, 0.5) is 5.69 Å². The van der Waals surface area contributed by atoms with Crippen LogP contribution in [0.2, 0.25) is 0 Å². The zero-order chi connectivity index (χ0) is 13.2. The van der Waals surface area contributed by atoms with E-state index in [4.69, 9.17) is 0 Å². The average molecular weight is 248 g/mol. The predicted molar refractivity (Wildman–Crippen MR) is 71.5 cm³/mol. The van der Waals surface area contributed by atoms with Gasteiger partial charge in [0.25, 0.3) is 5.69 Å². The first kappa shape index (κ1) is 13.0. The SMILES string of the molecule is Cc1c(CNC2(C)CCCC2)cccc1[N+](=O)[O-]. The molecule has 18 heavy (non-hydrogen) atoms. The van der Waals surface area contributed by atoms with E-state index in [0.29, 0.717) is 6.54 Å². The first-order valence-electron chi connectivity index (χ1n) is 6.50. The van der Waals surface area contributed by atoms with Gasteiger partial charge < -0.3 is 5.32 Å². The van der Waals surface area contributed by atoms with E-state index in [9.17, 15) is 10.1 Å². The Bertz CT molecular complexity index is 451. The molecule has 0 aromatic heterocycles. The lowest BCUT2D eigenvalue weighted by molar-refractivity contribution is -0.385. The minimum atomic E-state index is -0.309. The minimum Gasteiger partial charge on any atom is -0.307 e. The van der Waals surface area contributed by atoms with Crippen LogP contribution in [-0.4, -0.2) is 10.5 Å². The van der Waals surface area contributed by atoms with Crippen LogP contribution in [0, 0.1) is 17.0 Å². The molecule has 0 unspecified atom stereocenters. The number of nitrogens with one attached hydrogen (secondary N) is 1. The van der Waals surface area contributed by atoms with E-state index >= 15 is 0 Å². The van der Waals surface area contributed by atoms with Crippen LogP contribution in [0.1, 0.15) is 43.7 Å². The fourth-order valence-electron chi connectivity index (χ4n) is 2.70. The quantitative estimate of drug-likeness (QED) is 0.657. The van der Waals surface area contributed by atoms with E-state index < -0.39 is 0 Å². The van der Waals surface area contributed by atoms with Gasteiger partial charge >= 0.3 is 0 Å². The molecule has 1 aromatic carbocycles. The van der Waals surface area contributed by atoms with Crippen molar-refractivity contribution >= 4 is 5.69 Å². The molecule has 0 spiro atoms. The number of nitro groups is 1. The summed E-state index contributed by atoms with van der Waals surface area (Å²) in [6.07, 6.45) is 4.94. The molecular weight excluding hydrogens is 228 g/mol. The van der Waals surface area contributed by atoms with Gasteiger partial charge in [-0.25, -0.2) is 0 Å². The second-order valence-electron chi connectivity index (χ2n) is 5.44. The van der Waals surface area contributed by atoms with Crippen LogP contribution in [0.15, 0.2) is 18.2 Å². The van der Waals surface area contributed by atoms with Crippen LogP contribution >= 0.6 is 0 Å². The molecule has 98 valence electrons. The minimum absolute atomic E-state index is 0.205. The highest BCUT2D eigenvalue weighted by Crippen LogP contribution is 2.30. The second-order valence-corrected chi connectivity index (χ2v) is 5.44. The number of hydrogen-bond donors (Lipinski definition) is 1. The number of nitrogens with zero attached hydrogens (tertiary/aromatic N) is 1. The smallest absolute Gasteiger partial charge is 0.272 e. The van der Waals surface area contributed by atoms with Crippen molar-refractivity contribution in [2.75, 3.05) is 0 Å². The Kier molecular flexibility index (Phi) is 3.66. The highest BCUT2D eigenvalue weighted by molar-refractivity contribution is 5.44. The van der Waals surface area contributed by atoms with Gasteiger partial charge in [0.1, 0.15) is 0 Å². The molecule has 0 bridgehead atoms. The summed E-state index contributed by atoms with van der Waals surface area (Å²) in [6.45, 7) is 4.78. The Balaban J connectivity index is 2.10. The van der Waals surface area contributed by atoms with E-state index in [2.05, 4.69) is 12.2 Å². The second kappa shape index (κ2) is 5.06. The summed E-state index contributed by atoms with van der Waals surface area (Å²) in [5.74, 6) is 0. The summed E-state index contributed by atoms with van der Waals surface area (Å²) >= 11 is 0. The lowest BCUT2D eigenvalue weighted by Gasteiger charge is -2.25. The van der Waals surface area contributed by atoms with Crippen molar-refractivity contribution < 1.29 is 4.92 Å². The van der Waals surface area contributed by atoms with Crippen molar-refractivity contribution in [3.8, 4) is 0 Å². The molecule has 1 N–H and O–H groups in total. The summed E-state index contributed by atoms with van der Waals surface area (Å²) < 4.78 is 0. The third-order valence-corrected chi connectivity index (χ3v) is 4.03. The molecule has 0 atom stereocenters. The number of nitro benzene ring substituents is 1. The molecule has 0 radical (unpaired) electrons. The Labute approximate surface area is 108 Å². The van der Waals surface area contributed by atoms with Crippen molar-refractivity contribution in [2.24, 2.45) is 0 Å². The molecule has 1 fully saturated rings. The molecule has 0 amide bonds. The molecule has 1 aromatic rings. The zero-order valence-electron chi connectivity index (χ0n) is 11.0. The summed E-state index contributed by atoms with van der Waals surface area (Å²) in [7, 11) is 0. The maximum absolute atomic E-state index is 10.9. The van der Waals surface area contributed by atoms with E-state index in [1.165, 1.54) is 25.7 Å². The lowest BCUT2D eigenvalue weighted by Crippen LogP contribution is -2.38. The number of hydrogen-bond acceptors (Lipinski definition) is 3. The maximum Gasteiger partial charge on any atom is 0.272 e. The van der Waals surface area contributed by atoms with Crippen molar-refractivity contribution in [2.45, 2.75) is 51.6 Å². The summed E-state index contributed by atoms with van der Waals surface area (Å²) in [6, 6.07) is 5.29. The number of rotatable bonds is 4. The average Bonchev–Trinajstić information content (AvgIpc) is 2.75. The van der Waals surface area contributed by atoms with Gasteiger partial charge in [0.2, 0.25) is 0 Å². The summed E-state index contributed by atoms with van der Waals surface area (Å²) in [5.41, 5.74) is 2.22. The van der Waals surface area contributed by atoms with Crippen LogP contribution in [0.5, 0.6) is 0 Å². The third-order valence-electron chi connectivity index (χ3n) is 4.03. The van der Waals surface area contributed by atoms with Crippen LogP contribution < -0.4 is 5.32 Å². The zero-order valence-corrected chi connectivity index (χ0v) is 11.0. The van der Waals surface area contributed by atoms with Crippen molar-refractivity contribution in [3.63, 3.8) is 0 Å². The molecule has 1 aliphatic rings. The molecule has 1 saturated carbocycles. The molecule has 1 aliphatic carbocycles. The van der Waals surface area contributed by atoms with Gasteiger partial charge in [0.15, 0.2) is 0 Å². The topological polar surface area (TPSA) is 55.2 Å². The predicted octanol–water partition coefficient (Wildman–Crippen LogP) is 3.33. The van der Waals surface area contributed by atoms with Crippen molar-refractivity contribution in [1.82, 2.24) is 5.32 Å². The molecule has 2 rings (SSSR count). The Morgan fingerprint density at radius 1 is 1.39 bits per heavy atom. The van der Waals surface area contributed by atoms with Gasteiger partial charge in [-0.3, -0.25) is 10.1 Å². The Morgan fingerprint density at radius 2 is 2.06 bits per heavy atom. The largest absolute Gasteiger partial charge is 0.307 e. The maximum atomic E-state index is 10.9. The molecule has 4 nitrogen and oxygen atoms in total. The fourth-order valence-corrected chi connectivity index (χ4v) is 2.70. The highest BCUT2D eigenvalue weighted by Gasteiger charge is 2.28.